The van der Waals surface area contributed by atoms with E-state index in [0.29, 0.717) is 17.1 Å². The molecule has 1 aromatic carbocycles. The first-order valence-corrected chi connectivity index (χ1v) is 6.42. The summed E-state index contributed by atoms with van der Waals surface area (Å²) in [5, 5.41) is 11.3. The van der Waals surface area contributed by atoms with E-state index in [-0.39, 0.29) is 24.1 Å². The molecule has 1 aromatic rings. The van der Waals surface area contributed by atoms with Gasteiger partial charge in [0.2, 0.25) is 0 Å². The topological polar surface area (TPSA) is 72.7 Å². The van der Waals surface area contributed by atoms with Crippen LogP contribution in [-0.2, 0) is 16.1 Å². The number of benzene rings is 1. The molecule has 0 aliphatic rings. The molecule has 20 heavy (non-hydrogen) atoms. The molecular weight excluding hydrogens is 284 g/mol. The van der Waals surface area contributed by atoms with E-state index >= 15 is 0 Å². The summed E-state index contributed by atoms with van der Waals surface area (Å²) in [6, 6.07) is 4.57. The molecule has 0 aliphatic carbocycles. The SMILES string of the molecule is COC(=O)C(C)CN(C)Cc1c(Cl)cccc1[N+](=O)[O-]. The van der Waals surface area contributed by atoms with Gasteiger partial charge in [0.1, 0.15) is 0 Å². The average molecular weight is 301 g/mol. The fraction of sp³-hybridized carbons (Fsp3) is 0.462. The number of carbonyl (C=O) groups excluding carboxylic acids is 1. The van der Waals surface area contributed by atoms with Gasteiger partial charge in [0.05, 0.1) is 28.5 Å². The number of nitrogens with zero attached hydrogens (tertiary/aromatic N) is 2. The van der Waals surface area contributed by atoms with E-state index in [4.69, 9.17) is 11.6 Å². The van der Waals surface area contributed by atoms with Crippen LogP contribution in [0.3, 0.4) is 0 Å². The van der Waals surface area contributed by atoms with E-state index in [1.807, 2.05) is 0 Å². The van der Waals surface area contributed by atoms with Gasteiger partial charge in [-0.2, -0.15) is 0 Å². The molecule has 0 radical (unpaired) electrons. The van der Waals surface area contributed by atoms with Crippen LogP contribution in [0.25, 0.3) is 0 Å². The lowest BCUT2D eigenvalue weighted by Crippen LogP contribution is -2.29. The minimum absolute atomic E-state index is 0.0185. The van der Waals surface area contributed by atoms with Crippen LogP contribution in [0.15, 0.2) is 18.2 Å². The summed E-state index contributed by atoms with van der Waals surface area (Å²) < 4.78 is 4.65. The smallest absolute Gasteiger partial charge is 0.309 e. The van der Waals surface area contributed by atoms with Crippen LogP contribution in [0.5, 0.6) is 0 Å². The summed E-state index contributed by atoms with van der Waals surface area (Å²) in [6.45, 7) is 2.45. The number of nitro benzene ring substituents is 1. The minimum Gasteiger partial charge on any atom is -0.469 e. The maximum Gasteiger partial charge on any atom is 0.309 e. The molecule has 0 saturated carbocycles. The monoisotopic (exact) mass is 300 g/mol. The lowest BCUT2D eigenvalue weighted by atomic mass is 10.1. The van der Waals surface area contributed by atoms with Gasteiger partial charge in [0, 0.05) is 19.2 Å². The number of esters is 1. The number of halogens is 1. The Labute approximate surface area is 122 Å². The second-order valence-electron chi connectivity index (χ2n) is 4.62. The number of hydrogen-bond acceptors (Lipinski definition) is 5. The van der Waals surface area contributed by atoms with Crippen molar-refractivity contribution in [1.29, 1.82) is 0 Å². The van der Waals surface area contributed by atoms with Crippen molar-refractivity contribution in [3.63, 3.8) is 0 Å². The minimum atomic E-state index is -0.460. The molecule has 7 heteroatoms. The fourth-order valence-electron chi connectivity index (χ4n) is 1.95. The molecule has 0 saturated heterocycles. The van der Waals surface area contributed by atoms with Crippen molar-refractivity contribution in [1.82, 2.24) is 4.90 Å². The van der Waals surface area contributed by atoms with Crippen molar-refractivity contribution < 1.29 is 14.5 Å². The average Bonchev–Trinajstić information content (AvgIpc) is 2.39. The van der Waals surface area contributed by atoms with Crippen molar-refractivity contribution in [3.05, 3.63) is 38.9 Å². The molecule has 0 bridgehead atoms. The van der Waals surface area contributed by atoms with Crippen LogP contribution >= 0.6 is 11.6 Å². The van der Waals surface area contributed by atoms with E-state index < -0.39 is 4.92 Å². The fourth-order valence-corrected chi connectivity index (χ4v) is 2.18. The molecule has 0 N–H and O–H groups in total. The van der Waals surface area contributed by atoms with Gasteiger partial charge in [-0.15, -0.1) is 0 Å². The highest BCUT2D eigenvalue weighted by atomic mass is 35.5. The molecule has 0 aliphatic heterocycles. The van der Waals surface area contributed by atoms with Gasteiger partial charge in [-0.3, -0.25) is 14.9 Å². The molecule has 0 heterocycles. The van der Waals surface area contributed by atoms with Gasteiger partial charge in [0.25, 0.3) is 5.69 Å². The zero-order valence-corrected chi connectivity index (χ0v) is 12.4. The highest BCUT2D eigenvalue weighted by Gasteiger charge is 2.20. The van der Waals surface area contributed by atoms with Crippen LogP contribution in [0, 0.1) is 16.0 Å². The maximum atomic E-state index is 11.4. The predicted octanol–water partition coefficient (Wildman–Crippen LogP) is 2.49. The Morgan fingerprint density at radius 2 is 2.20 bits per heavy atom. The Balaban J connectivity index is 2.83. The summed E-state index contributed by atoms with van der Waals surface area (Å²) in [5.74, 6) is -0.628. The zero-order valence-electron chi connectivity index (χ0n) is 11.6. The lowest BCUT2D eigenvalue weighted by molar-refractivity contribution is -0.385. The molecule has 0 aromatic heterocycles. The first-order valence-electron chi connectivity index (χ1n) is 6.05. The third-order valence-electron chi connectivity index (χ3n) is 2.91. The number of ether oxygens (including phenoxy) is 1. The Kier molecular flexibility index (Phi) is 5.91. The molecule has 0 spiro atoms. The Hall–Kier alpha value is -1.66. The molecule has 0 fully saturated rings. The lowest BCUT2D eigenvalue weighted by Gasteiger charge is -2.20. The standard InChI is InChI=1S/C13H17ClN2O4/c1-9(13(17)20-3)7-15(2)8-10-11(14)5-4-6-12(10)16(18)19/h4-6,9H,7-8H2,1-3H3. The predicted molar refractivity (Wildman–Crippen MR) is 75.6 cm³/mol. The summed E-state index contributed by atoms with van der Waals surface area (Å²) in [5.41, 5.74) is 0.425. The van der Waals surface area contributed by atoms with Crippen LogP contribution < -0.4 is 0 Å². The second-order valence-corrected chi connectivity index (χ2v) is 5.02. The first-order chi connectivity index (χ1) is 9.36. The van der Waals surface area contributed by atoms with Gasteiger partial charge < -0.3 is 9.64 Å². The van der Waals surface area contributed by atoms with Gasteiger partial charge >= 0.3 is 5.97 Å². The van der Waals surface area contributed by atoms with Crippen LogP contribution in [0.4, 0.5) is 5.69 Å². The van der Waals surface area contributed by atoms with Gasteiger partial charge in [0.15, 0.2) is 0 Å². The number of nitro groups is 1. The van der Waals surface area contributed by atoms with E-state index in [0.717, 1.165) is 0 Å². The summed E-state index contributed by atoms with van der Waals surface area (Å²) in [6.07, 6.45) is 0. The maximum absolute atomic E-state index is 11.4. The van der Waals surface area contributed by atoms with Crippen LogP contribution in [0.1, 0.15) is 12.5 Å². The summed E-state index contributed by atoms with van der Waals surface area (Å²) in [7, 11) is 3.10. The van der Waals surface area contributed by atoms with E-state index in [2.05, 4.69) is 4.74 Å². The van der Waals surface area contributed by atoms with E-state index in [1.54, 1.807) is 31.0 Å². The van der Waals surface area contributed by atoms with Gasteiger partial charge in [-0.1, -0.05) is 24.6 Å². The Morgan fingerprint density at radius 1 is 1.55 bits per heavy atom. The van der Waals surface area contributed by atoms with E-state index in [9.17, 15) is 14.9 Å². The summed E-state index contributed by atoms with van der Waals surface area (Å²) >= 11 is 6.02. The van der Waals surface area contributed by atoms with Crippen LogP contribution in [0.2, 0.25) is 5.02 Å². The van der Waals surface area contributed by atoms with Crippen molar-refractivity contribution in [2.75, 3.05) is 20.7 Å². The third-order valence-corrected chi connectivity index (χ3v) is 3.26. The Morgan fingerprint density at radius 3 is 2.75 bits per heavy atom. The van der Waals surface area contributed by atoms with Crippen molar-refractivity contribution in [2.45, 2.75) is 13.5 Å². The highest BCUT2D eigenvalue weighted by Crippen LogP contribution is 2.27. The van der Waals surface area contributed by atoms with Gasteiger partial charge in [-0.25, -0.2) is 0 Å². The largest absolute Gasteiger partial charge is 0.469 e. The molecular formula is C13H17ClN2O4. The molecule has 0 amide bonds. The summed E-state index contributed by atoms with van der Waals surface area (Å²) in [4.78, 5) is 23.7. The number of rotatable bonds is 6. The number of hydrogen-bond donors (Lipinski definition) is 0. The molecule has 6 nitrogen and oxygen atoms in total. The van der Waals surface area contributed by atoms with Crippen LogP contribution in [-0.4, -0.2) is 36.5 Å². The first kappa shape index (κ1) is 16.4. The zero-order chi connectivity index (χ0) is 15.3. The van der Waals surface area contributed by atoms with Crippen molar-refractivity contribution in [3.8, 4) is 0 Å². The number of methoxy groups -OCH3 is 1. The quantitative estimate of drug-likeness (QED) is 0.458. The molecule has 1 atom stereocenters. The van der Waals surface area contributed by atoms with Crippen molar-refractivity contribution in [2.24, 2.45) is 5.92 Å². The normalized spacial score (nSPS) is 12.2. The Bertz CT molecular complexity index is 507. The molecule has 1 unspecified atom stereocenters. The van der Waals surface area contributed by atoms with Gasteiger partial charge in [-0.05, 0) is 13.1 Å². The molecule has 1 rings (SSSR count). The van der Waals surface area contributed by atoms with Crippen molar-refractivity contribution >= 4 is 23.3 Å². The number of carbonyl (C=O) groups is 1. The molecule has 110 valence electrons. The second kappa shape index (κ2) is 7.21. The third kappa shape index (κ3) is 4.18. The highest BCUT2D eigenvalue weighted by molar-refractivity contribution is 6.31. The van der Waals surface area contributed by atoms with E-state index in [1.165, 1.54) is 13.2 Å².